The van der Waals surface area contributed by atoms with Gasteiger partial charge in [0.2, 0.25) is 0 Å². The molecule has 1 rings (SSSR count). The number of ether oxygens (including phenoxy) is 2. The molecule has 0 saturated carbocycles. The van der Waals surface area contributed by atoms with E-state index in [1.54, 1.807) is 7.11 Å². The van der Waals surface area contributed by atoms with Gasteiger partial charge in [0.05, 0.1) is 12.7 Å². The monoisotopic (exact) mass is 251 g/mol. The van der Waals surface area contributed by atoms with Crippen LogP contribution in [0, 0.1) is 0 Å². The molecule has 0 aliphatic heterocycles. The van der Waals surface area contributed by atoms with E-state index < -0.39 is 0 Å². The number of rotatable bonds is 8. The Balaban J connectivity index is 2.38. The van der Waals surface area contributed by atoms with Crippen LogP contribution in [0.5, 0.6) is 5.75 Å². The van der Waals surface area contributed by atoms with Gasteiger partial charge in [-0.1, -0.05) is 12.1 Å². The summed E-state index contributed by atoms with van der Waals surface area (Å²) in [5.74, 6) is 0.939. The van der Waals surface area contributed by atoms with Crippen molar-refractivity contribution in [3.8, 4) is 5.75 Å². The summed E-state index contributed by atoms with van der Waals surface area (Å²) in [6, 6.07) is 8.80. The summed E-state index contributed by atoms with van der Waals surface area (Å²) in [6.45, 7) is 7.91. The van der Waals surface area contributed by atoms with Crippen molar-refractivity contribution in [3.63, 3.8) is 0 Å². The molecule has 0 aliphatic carbocycles. The third-order valence-electron chi connectivity index (χ3n) is 2.64. The highest BCUT2D eigenvalue weighted by molar-refractivity contribution is 5.27. The molecule has 1 atom stereocenters. The molecule has 0 aliphatic rings. The predicted molar refractivity (Wildman–Crippen MR) is 75.3 cm³/mol. The van der Waals surface area contributed by atoms with Crippen molar-refractivity contribution in [1.82, 2.24) is 5.32 Å². The maximum atomic E-state index is 5.62. The second-order valence-electron chi connectivity index (χ2n) is 4.86. The summed E-state index contributed by atoms with van der Waals surface area (Å²) >= 11 is 0. The quantitative estimate of drug-likeness (QED) is 0.721. The minimum absolute atomic E-state index is 0.227. The Morgan fingerprint density at radius 3 is 2.33 bits per heavy atom. The standard InChI is InChI=1S/C15H25NO2/c1-12(2)18-15-7-5-14(6-8-15)11-13(3)16-9-10-17-4/h5-8,12-13,16H,9-11H2,1-4H3. The number of nitrogens with one attached hydrogen (secondary N) is 1. The topological polar surface area (TPSA) is 30.5 Å². The second kappa shape index (κ2) is 8.11. The first-order valence-electron chi connectivity index (χ1n) is 6.59. The average molecular weight is 251 g/mol. The Morgan fingerprint density at radius 2 is 1.78 bits per heavy atom. The van der Waals surface area contributed by atoms with Crippen LogP contribution >= 0.6 is 0 Å². The lowest BCUT2D eigenvalue weighted by atomic mass is 10.1. The van der Waals surface area contributed by atoms with Crippen LogP contribution in [0.1, 0.15) is 26.3 Å². The highest BCUT2D eigenvalue weighted by Gasteiger charge is 2.03. The molecular formula is C15H25NO2. The minimum Gasteiger partial charge on any atom is -0.491 e. The van der Waals surface area contributed by atoms with E-state index in [1.807, 2.05) is 26.0 Å². The molecule has 18 heavy (non-hydrogen) atoms. The zero-order chi connectivity index (χ0) is 13.4. The van der Waals surface area contributed by atoms with E-state index in [1.165, 1.54) is 5.56 Å². The molecule has 0 bridgehead atoms. The first kappa shape index (κ1) is 15.0. The second-order valence-corrected chi connectivity index (χ2v) is 4.86. The molecule has 0 amide bonds. The molecule has 0 heterocycles. The molecule has 3 nitrogen and oxygen atoms in total. The fourth-order valence-corrected chi connectivity index (χ4v) is 1.81. The number of methoxy groups -OCH3 is 1. The number of hydrogen-bond acceptors (Lipinski definition) is 3. The maximum Gasteiger partial charge on any atom is 0.119 e. The van der Waals surface area contributed by atoms with Gasteiger partial charge in [-0.3, -0.25) is 0 Å². The largest absolute Gasteiger partial charge is 0.491 e. The van der Waals surface area contributed by atoms with E-state index in [2.05, 4.69) is 24.4 Å². The van der Waals surface area contributed by atoms with Crippen LogP contribution in [0.25, 0.3) is 0 Å². The van der Waals surface area contributed by atoms with Gasteiger partial charge >= 0.3 is 0 Å². The van der Waals surface area contributed by atoms with Crippen LogP contribution in [-0.2, 0) is 11.2 Å². The molecule has 1 N–H and O–H groups in total. The van der Waals surface area contributed by atoms with Crippen molar-refractivity contribution in [2.45, 2.75) is 39.3 Å². The van der Waals surface area contributed by atoms with Crippen LogP contribution in [-0.4, -0.2) is 32.4 Å². The first-order valence-corrected chi connectivity index (χ1v) is 6.59. The number of hydrogen-bond donors (Lipinski definition) is 1. The fraction of sp³-hybridized carbons (Fsp3) is 0.600. The molecular weight excluding hydrogens is 226 g/mol. The zero-order valence-electron chi connectivity index (χ0n) is 11.9. The SMILES string of the molecule is COCCNC(C)Cc1ccc(OC(C)C)cc1. The van der Waals surface area contributed by atoms with Gasteiger partial charge in [-0.15, -0.1) is 0 Å². The van der Waals surface area contributed by atoms with Crippen molar-refractivity contribution >= 4 is 0 Å². The Bertz CT molecular complexity index is 322. The summed E-state index contributed by atoms with van der Waals surface area (Å²) < 4.78 is 10.6. The molecule has 0 spiro atoms. The zero-order valence-corrected chi connectivity index (χ0v) is 11.9. The molecule has 3 heteroatoms. The Labute approximate surface area is 110 Å². The molecule has 1 aromatic rings. The van der Waals surface area contributed by atoms with Gasteiger partial charge in [0.15, 0.2) is 0 Å². The summed E-state index contributed by atoms with van der Waals surface area (Å²) in [5.41, 5.74) is 1.32. The van der Waals surface area contributed by atoms with E-state index in [0.717, 1.165) is 25.3 Å². The van der Waals surface area contributed by atoms with Gasteiger partial charge < -0.3 is 14.8 Å². The smallest absolute Gasteiger partial charge is 0.119 e. The van der Waals surface area contributed by atoms with Crippen LogP contribution in [0.3, 0.4) is 0 Å². The molecule has 1 aromatic carbocycles. The van der Waals surface area contributed by atoms with Gasteiger partial charge in [0, 0.05) is 19.7 Å². The van der Waals surface area contributed by atoms with Crippen molar-refractivity contribution in [2.75, 3.05) is 20.3 Å². The lowest BCUT2D eigenvalue weighted by Gasteiger charge is -2.14. The van der Waals surface area contributed by atoms with Crippen LogP contribution < -0.4 is 10.1 Å². The predicted octanol–water partition coefficient (Wildman–Crippen LogP) is 2.64. The molecule has 1 unspecified atom stereocenters. The van der Waals surface area contributed by atoms with E-state index in [9.17, 15) is 0 Å². The fourth-order valence-electron chi connectivity index (χ4n) is 1.81. The van der Waals surface area contributed by atoms with E-state index >= 15 is 0 Å². The van der Waals surface area contributed by atoms with Crippen LogP contribution in [0.2, 0.25) is 0 Å². The van der Waals surface area contributed by atoms with Gasteiger partial charge in [-0.2, -0.15) is 0 Å². The van der Waals surface area contributed by atoms with Gasteiger partial charge in [-0.05, 0) is 44.9 Å². The third-order valence-corrected chi connectivity index (χ3v) is 2.64. The highest BCUT2D eigenvalue weighted by atomic mass is 16.5. The molecule has 0 radical (unpaired) electrons. The molecule has 0 fully saturated rings. The normalized spacial score (nSPS) is 12.7. The van der Waals surface area contributed by atoms with E-state index in [0.29, 0.717) is 6.04 Å². The van der Waals surface area contributed by atoms with Crippen molar-refractivity contribution in [2.24, 2.45) is 0 Å². The average Bonchev–Trinajstić information content (AvgIpc) is 2.31. The molecule has 102 valence electrons. The van der Waals surface area contributed by atoms with Crippen molar-refractivity contribution in [1.29, 1.82) is 0 Å². The van der Waals surface area contributed by atoms with E-state index in [4.69, 9.17) is 9.47 Å². The summed E-state index contributed by atoms with van der Waals surface area (Å²) in [6.07, 6.45) is 1.25. The number of benzene rings is 1. The van der Waals surface area contributed by atoms with Crippen molar-refractivity contribution < 1.29 is 9.47 Å². The van der Waals surface area contributed by atoms with Gasteiger partial charge in [0.25, 0.3) is 0 Å². The van der Waals surface area contributed by atoms with E-state index in [-0.39, 0.29) is 6.10 Å². The van der Waals surface area contributed by atoms with Gasteiger partial charge in [-0.25, -0.2) is 0 Å². The maximum absolute atomic E-state index is 5.62. The van der Waals surface area contributed by atoms with Crippen LogP contribution in [0.4, 0.5) is 0 Å². The lowest BCUT2D eigenvalue weighted by molar-refractivity contribution is 0.196. The summed E-state index contributed by atoms with van der Waals surface area (Å²) in [7, 11) is 1.72. The third kappa shape index (κ3) is 6.03. The minimum atomic E-state index is 0.227. The first-order chi connectivity index (χ1) is 8.61. The summed E-state index contributed by atoms with van der Waals surface area (Å²) in [4.78, 5) is 0. The molecule has 0 aromatic heterocycles. The highest BCUT2D eigenvalue weighted by Crippen LogP contribution is 2.14. The van der Waals surface area contributed by atoms with Crippen LogP contribution in [0.15, 0.2) is 24.3 Å². The van der Waals surface area contributed by atoms with Crippen molar-refractivity contribution in [3.05, 3.63) is 29.8 Å². The Kier molecular flexibility index (Phi) is 6.76. The molecule has 0 saturated heterocycles. The Hall–Kier alpha value is -1.06. The Morgan fingerprint density at radius 1 is 1.11 bits per heavy atom. The lowest BCUT2D eigenvalue weighted by Crippen LogP contribution is -2.30. The summed E-state index contributed by atoms with van der Waals surface area (Å²) in [5, 5.41) is 3.42. The van der Waals surface area contributed by atoms with Gasteiger partial charge in [0.1, 0.15) is 5.75 Å².